The average Bonchev–Trinajstić information content (AvgIpc) is 2.90. The van der Waals surface area contributed by atoms with Crippen molar-refractivity contribution in [2.75, 3.05) is 25.1 Å². The van der Waals surface area contributed by atoms with Gasteiger partial charge in [0.2, 0.25) is 5.95 Å². The van der Waals surface area contributed by atoms with Crippen molar-refractivity contribution in [3.05, 3.63) is 33.5 Å². The van der Waals surface area contributed by atoms with Crippen LogP contribution in [0.1, 0.15) is 13.8 Å². The molecule has 0 unspecified atom stereocenters. The first kappa shape index (κ1) is 18.9. The van der Waals surface area contributed by atoms with Crippen LogP contribution < -0.4 is 16.6 Å². The van der Waals surface area contributed by atoms with Crippen LogP contribution in [-0.4, -0.2) is 50.1 Å². The quantitative estimate of drug-likeness (QED) is 0.435. The first-order valence-corrected chi connectivity index (χ1v) is 8.15. The molecule has 0 radical (unpaired) electrons. The Morgan fingerprint density at radius 3 is 2.80 bits per heavy atom. The molecule has 0 aliphatic heterocycles. The highest BCUT2D eigenvalue weighted by molar-refractivity contribution is 5.74. The highest BCUT2D eigenvalue weighted by atomic mass is 16.5. The molecule has 138 valence electrons. The summed E-state index contributed by atoms with van der Waals surface area (Å²) in [7, 11) is 1.54. The fraction of sp³-hybridized carbons (Fsp3) is 0.562. The van der Waals surface area contributed by atoms with Crippen molar-refractivity contribution < 1.29 is 9.84 Å². The zero-order valence-corrected chi connectivity index (χ0v) is 14.8. The number of ether oxygens (including phenoxy) is 1. The molecule has 3 N–H and O–H groups in total. The molecule has 25 heavy (non-hydrogen) atoms. The van der Waals surface area contributed by atoms with E-state index < -0.39 is 17.4 Å². The van der Waals surface area contributed by atoms with Crippen LogP contribution in [0, 0.1) is 5.92 Å². The average molecular weight is 351 g/mol. The molecule has 0 aliphatic rings. The number of aliphatic hydroxyl groups excluding tert-OH is 1. The van der Waals surface area contributed by atoms with E-state index in [1.807, 2.05) is 13.8 Å². The molecule has 0 spiro atoms. The lowest BCUT2D eigenvalue weighted by molar-refractivity contribution is 0.0405. The minimum atomic E-state index is -0.839. The van der Waals surface area contributed by atoms with E-state index in [1.165, 1.54) is 11.6 Å². The van der Waals surface area contributed by atoms with Gasteiger partial charge in [-0.25, -0.2) is 4.79 Å². The fourth-order valence-corrected chi connectivity index (χ4v) is 2.39. The summed E-state index contributed by atoms with van der Waals surface area (Å²) < 4.78 is 8.11. The normalized spacial score (nSPS) is 12.7. The van der Waals surface area contributed by atoms with Crippen LogP contribution >= 0.6 is 0 Å². The fourth-order valence-electron chi connectivity index (χ4n) is 2.39. The molecule has 0 fully saturated rings. The highest BCUT2D eigenvalue weighted by Crippen LogP contribution is 2.16. The standard InChI is InChI=1S/C16H25N5O4/c1-5-6-25-9-11(22)8-21-12-13(18-15(21)17-7-10(2)3)20(4)16(24)19-14(12)23/h5,10-11,22H,1,6-9H2,2-4H3,(H,17,18)(H,19,23,24)/t11-/m1/s1. The van der Waals surface area contributed by atoms with Crippen molar-refractivity contribution in [3.8, 4) is 0 Å². The molecule has 0 saturated carbocycles. The van der Waals surface area contributed by atoms with E-state index >= 15 is 0 Å². The van der Waals surface area contributed by atoms with E-state index in [-0.39, 0.29) is 24.3 Å². The third-order valence-corrected chi connectivity index (χ3v) is 3.61. The van der Waals surface area contributed by atoms with Crippen LogP contribution in [0.25, 0.3) is 11.2 Å². The van der Waals surface area contributed by atoms with Crippen molar-refractivity contribution in [1.82, 2.24) is 19.1 Å². The lowest BCUT2D eigenvalue weighted by Gasteiger charge is -2.15. The number of H-pyrrole nitrogens is 1. The predicted octanol–water partition coefficient (Wildman–Crippen LogP) is 0.0547. The molecule has 9 nitrogen and oxygen atoms in total. The Morgan fingerprint density at radius 1 is 1.44 bits per heavy atom. The van der Waals surface area contributed by atoms with Gasteiger partial charge in [-0.1, -0.05) is 19.9 Å². The summed E-state index contributed by atoms with van der Waals surface area (Å²) in [6.07, 6.45) is 0.753. The topological polar surface area (TPSA) is 114 Å². The van der Waals surface area contributed by atoms with E-state index in [1.54, 1.807) is 10.6 Å². The van der Waals surface area contributed by atoms with Crippen LogP contribution in [-0.2, 0) is 18.3 Å². The second kappa shape index (κ2) is 8.13. The minimum Gasteiger partial charge on any atom is -0.389 e. The summed E-state index contributed by atoms with van der Waals surface area (Å²) in [6.45, 7) is 8.80. The summed E-state index contributed by atoms with van der Waals surface area (Å²) in [6, 6.07) is 0. The molecular weight excluding hydrogens is 326 g/mol. The van der Waals surface area contributed by atoms with Gasteiger partial charge in [0.05, 0.1) is 25.9 Å². The third kappa shape index (κ3) is 4.37. The number of hydrogen-bond acceptors (Lipinski definition) is 6. The van der Waals surface area contributed by atoms with Gasteiger partial charge < -0.3 is 19.7 Å². The van der Waals surface area contributed by atoms with Gasteiger partial charge in [-0.3, -0.25) is 14.3 Å². The summed E-state index contributed by atoms with van der Waals surface area (Å²) in [5.41, 5.74) is -0.579. The van der Waals surface area contributed by atoms with Crippen molar-refractivity contribution in [1.29, 1.82) is 0 Å². The van der Waals surface area contributed by atoms with Crippen molar-refractivity contribution in [2.45, 2.75) is 26.5 Å². The van der Waals surface area contributed by atoms with Crippen molar-refractivity contribution >= 4 is 17.1 Å². The molecular formula is C16H25N5O4. The van der Waals surface area contributed by atoms with Gasteiger partial charge >= 0.3 is 5.69 Å². The Labute approximate surface area is 145 Å². The number of nitrogens with zero attached hydrogens (tertiary/aromatic N) is 3. The highest BCUT2D eigenvalue weighted by Gasteiger charge is 2.19. The number of rotatable bonds is 9. The Morgan fingerprint density at radius 2 is 2.16 bits per heavy atom. The van der Waals surface area contributed by atoms with Crippen LogP contribution in [0.3, 0.4) is 0 Å². The SMILES string of the molecule is C=CCOC[C@H](O)Cn1c(NCC(C)C)nc2c1c(=O)[nH]c(=O)n2C. The van der Waals surface area contributed by atoms with E-state index in [0.717, 1.165) is 0 Å². The van der Waals surface area contributed by atoms with E-state index in [4.69, 9.17) is 4.74 Å². The number of nitrogens with one attached hydrogen (secondary N) is 2. The number of anilines is 1. The smallest absolute Gasteiger partial charge is 0.329 e. The van der Waals surface area contributed by atoms with Crippen LogP contribution in [0.5, 0.6) is 0 Å². The van der Waals surface area contributed by atoms with E-state index in [0.29, 0.717) is 25.0 Å². The molecule has 2 rings (SSSR count). The Balaban J connectivity index is 2.44. The predicted molar refractivity (Wildman–Crippen MR) is 95.9 cm³/mol. The number of imidazole rings is 1. The third-order valence-electron chi connectivity index (χ3n) is 3.61. The molecule has 0 saturated heterocycles. The Bertz CT molecular complexity index is 849. The van der Waals surface area contributed by atoms with Gasteiger partial charge in [0, 0.05) is 13.6 Å². The number of aromatic amines is 1. The van der Waals surface area contributed by atoms with Gasteiger partial charge in [0.1, 0.15) is 0 Å². The summed E-state index contributed by atoms with van der Waals surface area (Å²) in [4.78, 5) is 30.7. The maximum absolute atomic E-state index is 12.3. The van der Waals surface area contributed by atoms with Crippen molar-refractivity contribution in [3.63, 3.8) is 0 Å². The van der Waals surface area contributed by atoms with Gasteiger partial charge in [0.15, 0.2) is 11.2 Å². The maximum Gasteiger partial charge on any atom is 0.329 e. The number of fused-ring (bicyclic) bond motifs is 1. The Kier molecular flexibility index (Phi) is 6.16. The molecule has 2 aromatic rings. The van der Waals surface area contributed by atoms with E-state index in [9.17, 15) is 14.7 Å². The van der Waals surface area contributed by atoms with Gasteiger partial charge in [0.25, 0.3) is 5.56 Å². The van der Waals surface area contributed by atoms with E-state index in [2.05, 4.69) is 21.9 Å². The van der Waals surface area contributed by atoms with Gasteiger partial charge in [-0.15, -0.1) is 6.58 Å². The maximum atomic E-state index is 12.3. The number of hydrogen-bond donors (Lipinski definition) is 3. The summed E-state index contributed by atoms with van der Waals surface area (Å²) in [5.74, 6) is 0.786. The molecule has 9 heteroatoms. The lowest BCUT2D eigenvalue weighted by Crippen LogP contribution is -2.30. The molecule has 1 atom stereocenters. The number of aromatic nitrogens is 4. The largest absolute Gasteiger partial charge is 0.389 e. The zero-order chi connectivity index (χ0) is 18.6. The van der Waals surface area contributed by atoms with Crippen LogP contribution in [0.2, 0.25) is 0 Å². The second-order valence-corrected chi connectivity index (χ2v) is 6.29. The van der Waals surface area contributed by atoms with Crippen LogP contribution in [0.4, 0.5) is 5.95 Å². The monoisotopic (exact) mass is 351 g/mol. The molecule has 0 aliphatic carbocycles. The minimum absolute atomic E-state index is 0.0962. The van der Waals surface area contributed by atoms with Gasteiger partial charge in [-0.2, -0.15) is 4.98 Å². The van der Waals surface area contributed by atoms with Gasteiger partial charge in [-0.05, 0) is 5.92 Å². The van der Waals surface area contributed by atoms with Crippen molar-refractivity contribution in [2.24, 2.45) is 13.0 Å². The number of aliphatic hydroxyl groups is 1. The molecule has 0 amide bonds. The molecule has 2 aromatic heterocycles. The molecule has 0 bridgehead atoms. The number of aryl methyl sites for hydroxylation is 1. The van der Waals surface area contributed by atoms with Crippen LogP contribution in [0.15, 0.2) is 22.2 Å². The lowest BCUT2D eigenvalue weighted by atomic mass is 10.2. The first-order valence-electron chi connectivity index (χ1n) is 8.15. The second-order valence-electron chi connectivity index (χ2n) is 6.29. The molecule has 0 aromatic carbocycles. The molecule has 2 heterocycles. The summed E-state index contributed by atoms with van der Waals surface area (Å²) >= 11 is 0. The first-order chi connectivity index (χ1) is 11.8. The zero-order valence-electron chi connectivity index (χ0n) is 14.8. The summed E-state index contributed by atoms with van der Waals surface area (Å²) in [5, 5.41) is 13.4. The Hall–Kier alpha value is -2.39.